The molecule has 1 fully saturated rings. The lowest BCUT2D eigenvalue weighted by molar-refractivity contribution is 0.111. The van der Waals surface area contributed by atoms with Gasteiger partial charge in [-0.3, -0.25) is 9.48 Å². The summed E-state index contributed by atoms with van der Waals surface area (Å²) in [5.41, 5.74) is 1.75. The predicted molar refractivity (Wildman–Crippen MR) is 40.6 cm³/mol. The maximum atomic E-state index is 10.3. The van der Waals surface area contributed by atoms with Crippen LogP contribution >= 0.6 is 0 Å². The number of nitrogens with zero attached hydrogens (tertiary/aromatic N) is 2. The first-order chi connectivity index (χ1) is 5.31. The standard InChI is InChI=1S/C8H10N2O/c1-10-8(6-2-3-6)4-7(5-11)9-10/h4-6H,2-3H2,1H3. The van der Waals surface area contributed by atoms with Crippen molar-refractivity contribution < 1.29 is 4.79 Å². The fraction of sp³-hybridized carbons (Fsp3) is 0.500. The normalized spacial score (nSPS) is 16.8. The molecule has 3 heteroatoms. The Kier molecular flexibility index (Phi) is 1.31. The molecule has 0 aliphatic heterocycles. The summed E-state index contributed by atoms with van der Waals surface area (Å²) in [5, 5.41) is 4.04. The SMILES string of the molecule is Cn1nc(C=O)cc1C1CC1. The largest absolute Gasteiger partial charge is 0.296 e. The van der Waals surface area contributed by atoms with E-state index in [9.17, 15) is 4.79 Å². The highest BCUT2D eigenvalue weighted by atomic mass is 16.1. The van der Waals surface area contributed by atoms with Gasteiger partial charge >= 0.3 is 0 Å². The summed E-state index contributed by atoms with van der Waals surface area (Å²) in [5.74, 6) is 0.668. The number of rotatable bonds is 2. The minimum Gasteiger partial charge on any atom is -0.296 e. The van der Waals surface area contributed by atoms with E-state index in [1.807, 2.05) is 13.1 Å². The van der Waals surface area contributed by atoms with Crippen LogP contribution in [-0.2, 0) is 7.05 Å². The van der Waals surface area contributed by atoms with E-state index in [0.717, 1.165) is 6.29 Å². The molecule has 1 aromatic rings. The third-order valence-electron chi connectivity index (χ3n) is 2.05. The van der Waals surface area contributed by atoms with Crippen molar-refractivity contribution in [3.63, 3.8) is 0 Å². The molecule has 2 rings (SSSR count). The van der Waals surface area contributed by atoms with E-state index >= 15 is 0 Å². The van der Waals surface area contributed by atoms with Gasteiger partial charge in [-0.1, -0.05) is 0 Å². The van der Waals surface area contributed by atoms with E-state index in [1.165, 1.54) is 18.5 Å². The molecule has 0 radical (unpaired) electrons. The van der Waals surface area contributed by atoms with Crippen LogP contribution in [0.4, 0.5) is 0 Å². The van der Waals surface area contributed by atoms with Gasteiger partial charge in [0.05, 0.1) is 0 Å². The Balaban J connectivity index is 2.37. The van der Waals surface area contributed by atoms with E-state index in [4.69, 9.17) is 0 Å². The molecule has 1 heterocycles. The maximum absolute atomic E-state index is 10.3. The Bertz CT molecular complexity index is 286. The molecule has 0 saturated heterocycles. The second kappa shape index (κ2) is 2.19. The van der Waals surface area contributed by atoms with Crippen LogP contribution in [0.1, 0.15) is 34.9 Å². The molecule has 3 nitrogen and oxygen atoms in total. The lowest BCUT2D eigenvalue weighted by Gasteiger charge is -1.94. The lowest BCUT2D eigenvalue weighted by atomic mass is 10.3. The number of aldehydes is 1. The van der Waals surface area contributed by atoms with Crippen LogP contribution in [0.2, 0.25) is 0 Å². The van der Waals surface area contributed by atoms with E-state index < -0.39 is 0 Å². The highest BCUT2D eigenvalue weighted by Crippen LogP contribution is 2.39. The van der Waals surface area contributed by atoms with Crippen molar-refractivity contribution in [3.05, 3.63) is 17.5 Å². The summed E-state index contributed by atoms with van der Waals surface area (Å²) in [4.78, 5) is 10.3. The first-order valence-corrected chi connectivity index (χ1v) is 3.80. The molecule has 1 aliphatic carbocycles. The van der Waals surface area contributed by atoms with Crippen LogP contribution in [0.15, 0.2) is 6.07 Å². The highest BCUT2D eigenvalue weighted by molar-refractivity contribution is 5.71. The molecular formula is C8H10N2O. The fourth-order valence-corrected chi connectivity index (χ4v) is 1.32. The van der Waals surface area contributed by atoms with Crippen molar-refractivity contribution in [2.75, 3.05) is 0 Å². The molecule has 0 unspecified atom stereocenters. The summed E-state index contributed by atoms with van der Waals surface area (Å²) >= 11 is 0. The molecule has 58 valence electrons. The molecule has 1 aliphatic rings. The van der Waals surface area contributed by atoms with Gasteiger partial charge in [0, 0.05) is 18.7 Å². The van der Waals surface area contributed by atoms with Crippen molar-refractivity contribution in [1.29, 1.82) is 0 Å². The van der Waals surface area contributed by atoms with Gasteiger partial charge in [-0.25, -0.2) is 0 Å². The molecule has 0 atom stereocenters. The minimum absolute atomic E-state index is 0.550. The molecule has 1 aromatic heterocycles. The first kappa shape index (κ1) is 6.58. The van der Waals surface area contributed by atoms with Gasteiger partial charge in [-0.15, -0.1) is 0 Å². The van der Waals surface area contributed by atoms with Crippen LogP contribution in [0.25, 0.3) is 0 Å². The topological polar surface area (TPSA) is 34.9 Å². The van der Waals surface area contributed by atoms with Gasteiger partial charge in [0.1, 0.15) is 5.69 Å². The van der Waals surface area contributed by atoms with E-state index in [1.54, 1.807) is 4.68 Å². The summed E-state index contributed by atoms with van der Waals surface area (Å²) in [6.07, 6.45) is 3.29. The number of carbonyl (C=O) groups excluding carboxylic acids is 1. The predicted octanol–water partition coefficient (Wildman–Crippen LogP) is 1.11. The van der Waals surface area contributed by atoms with Crippen molar-refractivity contribution in [1.82, 2.24) is 9.78 Å². The number of aryl methyl sites for hydroxylation is 1. The van der Waals surface area contributed by atoms with Crippen LogP contribution < -0.4 is 0 Å². The third-order valence-corrected chi connectivity index (χ3v) is 2.05. The Morgan fingerprint density at radius 1 is 1.73 bits per heavy atom. The quantitative estimate of drug-likeness (QED) is 0.592. The third kappa shape index (κ3) is 1.06. The number of hydrogen-bond acceptors (Lipinski definition) is 2. The zero-order chi connectivity index (χ0) is 7.84. The van der Waals surface area contributed by atoms with Gasteiger partial charge in [0.15, 0.2) is 6.29 Å². The number of aromatic nitrogens is 2. The van der Waals surface area contributed by atoms with Gasteiger partial charge in [-0.05, 0) is 18.9 Å². The number of carbonyl (C=O) groups is 1. The van der Waals surface area contributed by atoms with Gasteiger partial charge in [0.2, 0.25) is 0 Å². The monoisotopic (exact) mass is 150 g/mol. The van der Waals surface area contributed by atoms with E-state index in [2.05, 4.69) is 5.10 Å². The van der Waals surface area contributed by atoms with Gasteiger partial charge in [-0.2, -0.15) is 5.10 Å². The molecule has 0 aromatic carbocycles. The number of hydrogen-bond donors (Lipinski definition) is 0. The first-order valence-electron chi connectivity index (χ1n) is 3.80. The average Bonchev–Trinajstić information content (AvgIpc) is 2.76. The van der Waals surface area contributed by atoms with Crippen molar-refractivity contribution in [3.8, 4) is 0 Å². The molecule has 1 saturated carbocycles. The fourth-order valence-electron chi connectivity index (χ4n) is 1.32. The van der Waals surface area contributed by atoms with Crippen molar-refractivity contribution in [2.45, 2.75) is 18.8 Å². The highest BCUT2D eigenvalue weighted by Gasteiger charge is 2.26. The van der Waals surface area contributed by atoms with Crippen molar-refractivity contribution >= 4 is 6.29 Å². The Morgan fingerprint density at radius 2 is 2.45 bits per heavy atom. The lowest BCUT2D eigenvalue weighted by Crippen LogP contribution is -1.95. The Hall–Kier alpha value is -1.12. The molecule has 0 bridgehead atoms. The Morgan fingerprint density at radius 3 is 2.91 bits per heavy atom. The zero-order valence-electron chi connectivity index (χ0n) is 6.45. The van der Waals surface area contributed by atoms with Gasteiger partial charge in [0.25, 0.3) is 0 Å². The van der Waals surface area contributed by atoms with Gasteiger partial charge < -0.3 is 0 Å². The summed E-state index contributed by atoms with van der Waals surface area (Å²) in [6.45, 7) is 0. The maximum Gasteiger partial charge on any atom is 0.170 e. The summed E-state index contributed by atoms with van der Waals surface area (Å²) in [7, 11) is 1.89. The summed E-state index contributed by atoms with van der Waals surface area (Å²) in [6, 6.07) is 1.88. The smallest absolute Gasteiger partial charge is 0.170 e. The van der Waals surface area contributed by atoms with Crippen LogP contribution in [-0.4, -0.2) is 16.1 Å². The van der Waals surface area contributed by atoms with Crippen molar-refractivity contribution in [2.24, 2.45) is 7.05 Å². The second-order valence-electron chi connectivity index (χ2n) is 3.01. The molecule has 0 amide bonds. The van der Waals surface area contributed by atoms with Crippen LogP contribution in [0, 0.1) is 0 Å². The van der Waals surface area contributed by atoms with Crippen LogP contribution in [0.5, 0.6) is 0 Å². The molecule has 11 heavy (non-hydrogen) atoms. The molecule has 0 spiro atoms. The second-order valence-corrected chi connectivity index (χ2v) is 3.01. The van der Waals surface area contributed by atoms with Crippen LogP contribution in [0.3, 0.4) is 0 Å². The molecule has 0 N–H and O–H groups in total. The average molecular weight is 150 g/mol. The van der Waals surface area contributed by atoms with E-state index in [0.29, 0.717) is 11.6 Å². The zero-order valence-corrected chi connectivity index (χ0v) is 6.45. The molecular weight excluding hydrogens is 140 g/mol. The van der Waals surface area contributed by atoms with E-state index in [-0.39, 0.29) is 0 Å². The minimum atomic E-state index is 0.550. The summed E-state index contributed by atoms with van der Waals surface area (Å²) < 4.78 is 1.81. The Labute approximate surface area is 65.0 Å².